The van der Waals surface area contributed by atoms with E-state index < -0.39 is 0 Å². The molecule has 2 aliphatic carbocycles. The van der Waals surface area contributed by atoms with Crippen molar-refractivity contribution in [2.24, 2.45) is 17.8 Å². The third kappa shape index (κ3) is 3.00. The fourth-order valence-electron chi connectivity index (χ4n) is 2.72. The number of hydrogen-bond acceptors (Lipinski definition) is 2. The lowest BCUT2D eigenvalue weighted by molar-refractivity contribution is -0.121. The Morgan fingerprint density at radius 3 is 2.47 bits per heavy atom. The van der Waals surface area contributed by atoms with Crippen molar-refractivity contribution in [3.05, 3.63) is 28.2 Å². The Morgan fingerprint density at radius 2 is 1.95 bits per heavy atom. The molecule has 0 heterocycles. The maximum absolute atomic E-state index is 12.4. The first-order chi connectivity index (χ1) is 9.19. The van der Waals surface area contributed by atoms with Gasteiger partial charge >= 0.3 is 0 Å². The van der Waals surface area contributed by atoms with Gasteiger partial charge in [-0.15, -0.1) is 0 Å². The zero-order valence-corrected chi connectivity index (χ0v) is 12.3. The largest absolute Gasteiger partial charge is 0.392 e. The van der Waals surface area contributed by atoms with Gasteiger partial charge in [-0.1, -0.05) is 15.9 Å². The van der Waals surface area contributed by atoms with Crippen molar-refractivity contribution < 1.29 is 9.90 Å². The van der Waals surface area contributed by atoms with Gasteiger partial charge in [-0.25, -0.2) is 0 Å². The predicted molar refractivity (Wildman–Crippen MR) is 77.6 cm³/mol. The molecule has 2 fully saturated rings. The van der Waals surface area contributed by atoms with E-state index in [0.29, 0.717) is 11.8 Å². The zero-order valence-electron chi connectivity index (χ0n) is 10.7. The fraction of sp³-hybridized carbons (Fsp3) is 0.533. The molecule has 2 saturated carbocycles. The van der Waals surface area contributed by atoms with Crippen LogP contribution in [0.3, 0.4) is 0 Å². The molecular weight excluding hydrogens is 306 g/mol. The smallest absolute Gasteiger partial charge is 0.228 e. The highest BCUT2D eigenvalue weighted by molar-refractivity contribution is 9.10. The Balaban J connectivity index is 1.71. The molecule has 3 nitrogen and oxygen atoms in total. The monoisotopic (exact) mass is 323 g/mol. The number of aliphatic hydroxyl groups excluding tert-OH is 1. The van der Waals surface area contributed by atoms with E-state index in [1.54, 1.807) is 0 Å². The lowest BCUT2D eigenvalue weighted by atomic mass is 9.97. The van der Waals surface area contributed by atoms with Gasteiger partial charge in [-0.2, -0.15) is 0 Å². The van der Waals surface area contributed by atoms with Crippen LogP contribution < -0.4 is 5.32 Å². The topological polar surface area (TPSA) is 49.3 Å². The van der Waals surface area contributed by atoms with Crippen molar-refractivity contribution in [1.82, 2.24) is 0 Å². The van der Waals surface area contributed by atoms with Gasteiger partial charge < -0.3 is 10.4 Å². The summed E-state index contributed by atoms with van der Waals surface area (Å²) < 4.78 is 0.869. The summed E-state index contributed by atoms with van der Waals surface area (Å²) in [5.74, 6) is 1.60. The van der Waals surface area contributed by atoms with Gasteiger partial charge in [0.2, 0.25) is 5.91 Å². The molecule has 19 heavy (non-hydrogen) atoms. The van der Waals surface area contributed by atoms with Crippen LogP contribution in [0.2, 0.25) is 0 Å². The van der Waals surface area contributed by atoms with Crippen LogP contribution in [0.25, 0.3) is 0 Å². The van der Waals surface area contributed by atoms with Gasteiger partial charge in [0.15, 0.2) is 0 Å². The fourth-order valence-corrected chi connectivity index (χ4v) is 3.10. The van der Waals surface area contributed by atoms with Crippen molar-refractivity contribution in [3.63, 3.8) is 0 Å². The highest BCUT2D eigenvalue weighted by Crippen LogP contribution is 2.49. The lowest BCUT2D eigenvalue weighted by Gasteiger charge is -2.16. The zero-order chi connectivity index (χ0) is 13.4. The summed E-state index contributed by atoms with van der Waals surface area (Å²) >= 11 is 3.38. The second-order valence-electron chi connectivity index (χ2n) is 5.65. The third-order valence-corrected chi connectivity index (χ3v) is 4.82. The maximum atomic E-state index is 12.4. The molecule has 0 atom stereocenters. The van der Waals surface area contributed by atoms with Crippen molar-refractivity contribution in [1.29, 1.82) is 0 Å². The highest BCUT2D eigenvalue weighted by Gasteiger charge is 2.45. The average Bonchev–Trinajstić information content (AvgIpc) is 3.25. The molecule has 0 aromatic heterocycles. The molecule has 102 valence electrons. The molecule has 0 radical (unpaired) electrons. The lowest BCUT2D eigenvalue weighted by Crippen LogP contribution is -2.26. The SMILES string of the molecule is O=C(Nc1ccc(Br)c(CO)c1)C(C1CC1)C1CC1. The Morgan fingerprint density at radius 1 is 1.32 bits per heavy atom. The van der Waals surface area contributed by atoms with Crippen LogP contribution in [0.4, 0.5) is 5.69 Å². The summed E-state index contributed by atoms with van der Waals surface area (Å²) in [5.41, 5.74) is 1.58. The third-order valence-electron chi connectivity index (χ3n) is 4.05. The average molecular weight is 324 g/mol. The van der Waals surface area contributed by atoms with Crippen molar-refractivity contribution in [3.8, 4) is 0 Å². The van der Waals surface area contributed by atoms with Crippen molar-refractivity contribution in [2.45, 2.75) is 32.3 Å². The first-order valence-corrected chi connectivity index (χ1v) is 7.68. The van der Waals surface area contributed by atoms with E-state index in [0.717, 1.165) is 15.7 Å². The van der Waals surface area contributed by atoms with Crippen LogP contribution in [0.15, 0.2) is 22.7 Å². The summed E-state index contributed by atoms with van der Waals surface area (Å²) in [6.07, 6.45) is 4.82. The molecule has 4 heteroatoms. The summed E-state index contributed by atoms with van der Waals surface area (Å²) in [6, 6.07) is 5.57. The van der Waals surface area contributed by atoms with Gasteiger partial charge in [-0.3, -0.25) is 4.79 Å². The predicted octanol–water partition coefficient (Wildman–Crippen LogP) is 3.32. The molecule has 0 saturated heterocycles. The summed E-state index contributed by atoms with van der Waals surface area (Å²) in [5, 5.41) is 12.3. The molecule has 1 aromatic rings. The number of amides is 1. The Kier molecular flexibility index (Phi) is 3.63. The number of carbonyl (C=O) groups excluding carboxylic acids is 1. The summed E-state index contributed by atoms with van der Waals surface area (Å²) in [7, 11) is 0. The molecule has 1 amide bonds. The Hall–Kier alpha value is -0.870. The Labute approximate surface area is 121 Å². The van der Waals surface area contributed by atoms with Gasteiger partial charge in [0.05, 0.1) is 6.61 Å². The van der Waals surface area contributed by atoms with E-state index in [1.165, 1.54) is 25.7 Å². The number of benzene rings is 1. The van der Waals surface area contributed by atoms with Gasteiger partial charge in [0.1, 0.15) is 0 Å². The number of hydrogen-bond donors (Lipinski definition) is 2. The molecule has 0 aliphatic heterocycles. The molecule has 2 aliphatic rings. The Bertz CT molecular complexity index is 483. The van der Waals surface area contributed by atoms with Crippen LogP contribution in [0.5, 0.6) is 0 Å². The van der Waals surface area contributed by atoms with E-state index in [4.69, 9.17) is 0 Å². The number of anilines is 1. The van der Waals surface area contributed by atoms with Crippen LogP contribution in [-0.2, 0) is 11.4 Å². The number of nitrogens with one attached hydrogen (secondary N) is 1. The molecule has 2 N–H and O–H groups in total. The normalized spacial score (nSPS) is 18.7. The van der Waals surface area contributed by atoms with Crippen molar-refractivity contribution >= 4 is 27.5 Å². The standard InChI is InChI=1S/C15H18BrNO2/c16-13-6-5-12(7-11(13)8-18)17-15(19)14(9-1-2-9)10-3-4-10/h5-7,9-10,14,18H,1-4,8H2,(H,17,19). The highest BCUT2D eigenvalue weighted by atomic mass is 79.9. The number of carbonyl (C=O) groups is 1. The maximum Gasteiger partial charge on any atom is 0.228 e. The van der Waals surface area contributed by atoms with Gasteiger partial charge in [0, 0.05) is 16.1 Å². The number of halogens is 1. The van der Waals surface area contributed by atoms with E-state index >= 15 is 0 Å². The molecule has 0 spiro atoms. The van der Waals surface area contributed by atoms with Crippen molar-refractivity contribution in [2.75, 3.05) is 5.32 Å². The molecular formula is C15H18BrNO2. The van der Waals surface area contributed by atoms with E-state index in [-0.39, 0.29) is 18.4 Å². The summed E-state index contributed by atoms with van der Waals surface area (Å²) in [4.78, 5) is 12.4. The first kappa shape index (κ1) is 13.1. The quantitative estimate of drug-likeness (QED) is 0.873. The van der Waals surface area contributed by atoms with Crippen LogP contribution in [0, 0.1) is 17.8 Å². The van der Waals surface area contributed by atoms with Crippen LogP contribution in [-0.4, -0.2) is 11.0 Å². The molecule has 1 aromatic carbocycles. The number of rotatable bonds is 5. The molecule has 0 bridgehead atoms. The molecule has 0 unspecified atom stereocenters. The molecule has 3 rings (SSSR count). The second kappa shape index (κ2) is 5.25. The van der Waals surface area contributed by atoms with Gasteiger partial charge in [0.25, 0.3) is 0 Å². The van der Waals surface area contributed by atoms with Crippen LogP contribution in [0.1, 0.15) is 31.2 Å². The van der Waals surface area contributed by atoms with Gasteiger partial charge in [-0.05, 0) is 61.3 Å². The minimum absolute atomic E-state index is 0.0288. The second-order valence-corrected chi connectivity index (χ2v) is 6.51. The summed E-state index contributed by atoms with van der Waals surface area (Å²) in [6.45, 7) is -0.0288. The minimum atomic E-state index is -0.0288. The van der Waals surface area contributed by atoms with E-state index in [2.05, 4.69) is 21.2 Å². The first-order valence-electron chi connectivity index (χ1n) is 6.89. The van der Waals surface area contributed by atoms with Crippen LogP contribution >= 0.6 is 15.9 Å². The number of aliphatic hydroxyl groups is 1. The minimum Gasteiger partial charge on any atom is -0.392 e. The van der Waals surface area contributed by atoms with E-state index in [9.17, 15) is 9.90 Å². The van der Waals surface area contributed by atoms with E-state index in [1.807, 2.05) is 18.2 Å².